The van der Waals surface area contributed by atoms with Gasteiger partial charge in [0.05, 0.1) is 30.5 Å². The molecule has 8 nitrogen and oxygen atoms in total. The second-order valence-corrected chi connectivity index (χ2v) is 9.09. The van der Waals surface area contributed by atoms with E-state index in [1.54, 1.807) is 42.3 Å². The number of nitrogens with one attached hydrogen (secondary N) is 1. The number of amides is 1. The van der Waals surface area contributed by atoms with Crippen molar-refractivity contribution in [2.75, 3.05) is 40.4 Å². The van der Waals surface area contributed by atoms with Crippen molar-refractivity contribution < 1.29 is 19.4 Å². The second kappa shape index (κ2) is 10.8. The predicted octanol–water partition coefficient (Wildman–Crippen LogP) is 2.76. The molecule has 0 aliphatic carbocycles. The number of hydrogen-bond donors (Lipinski definition) is 2. The van der Waals surface area contributed by atoms with Crippen molar-refractivity contribution in [1.82, 2.24) is 14.8 Å². The first-order chi connectivity index (χ1) is 17.0. The number of aromatic nitrogens is 1. The molecule has 2 aromatic heterocycles. The van der Waals surface area contributed by atoms with E-state index >= 15 is 0 Å². The number of carbonyl (C=O) groups is 2. The standard InChI is InChI=1S/C26H27N3O5S/c1-28(14-12-27-13-15-30)26(33)24-22(34-2)21-23(35-24)18-10-6-7-11-19(18)29(25(21)32)16-20(31)17-8-4-3-5-9-17/h3-11,27,30H,12-16H2,1-2H3. The minimum absolute atomic E-state index is 0.0217. The lowest BCUT2D eigenvalue weighted by Crippen LogP contribution is -2.34. The van der Waals surface area contributed by atoms with E-state index in [-0.39, 0.29) is 36.2 Å². The first-order valence-electron chi connectivity index (χ1n) is 11.2. The molecular formula is C26H27N3O5S. The normalized spacial score (nSPS) is 11.2. The van der Waals surface area contributed by atoms with Crippen molar-refractivity contribution in [3.05, 3.63) is 75.4 Å². The zero-order valence-corrected chi connectivity index (χ0v) is 20.4. The summed E-state index contributed by atoms with van der Waals surface area (Å²) in [5.41, 5.74) is 0.772. The summed E-state index contributed by atoms with van der Waals surface area (Å²) in [7, 11) is 3.12. The van der Waals surface area contributed by atoms with E-state index < -0.39 is 0 Å². The number of fused-ring (bicyclic) bond motifs is 3. The van der Waals surface area contributed by atoms with Crippen LogP contribution in [0.3, 0.4) is 0 Å². The van der Waals surface area contributed by atoms with Crippen LogP contribution in [0.1, 0.15) is 20.0 Å². The number of hydrogen-bond acceptors (Lipinski definition) is 7. The van der Waals surface area contributed by atoms with Gasteiger partial charge in [0.15, 0.2) is 11.5 Å². The Kier molecular flexibility index (Phi) is 7.60. The van der Waals surface area contributed by atoms with Gasteiger partial charge >= 0.3 is 0 Å². The summed E-state index contributed by atoms with van der Waals surface area (Å²) in [4.78, 5) is 41.9. The fourth-order valence-corrected chi connectivity index (χ4v) is 5.31. The summed E-state index contributed by atoms with van der Waals surface area (Å²) >= 11 is 1.22. The van der Waals surface area contributed by atoms with Crippen LogP contribution < -0.4 is 15.6 Å². The van der Waals surface area contributed by atoms with Crippen molar-refractivity contribution in [2.45, 2.75) is 6.54 Å². The van der Waals surface area contributed by atoms with Crippen LogP contribution in [0.25, 0.3) is 21.0 Å². The number of benzene rings is 2. The molecule has 2 aromatic carbocycles. The molecule has 0 atom stereocenters. The zero-order valence-electron chi connectivity index (χ0n) is 19.6. The van der Waals surface area contributed by atoms with Crippen LogP contribution >= 0.6 is 11.3 Å². The molecule has 2 heterocycles. The third-order valence-corrected chi connectivity index (χ3v) is 7.01. The van der Waals surface area contributed by atoms with Gasteiger partial charge < -0.3 is 20.1 Å². The van der Waals surface area contributed by atoms with Gasteiger partial charge in [-0.25, -0.2) is 0 Å². The van der Waals surface area contributed by atoms with Crippen LogP contribution in [0.2, 0.25) is 0 Å². The Morgan fingerprint density at radius 1 is 1.09 bits per heavy atom. The van der Waals surface area contributed by atoms with E-state index in [0.717, 1.165) is 5.39 Å². The summed E-state index contributed by atoms with van der Waals surface area (Å²) < 4.78 is 7.71. The smallest absolute Gasteiger partial charge is 0.267 e. The van der Waals surface area contributed by atoms with E-state index in [9.17, 15) is 14.4 Å². The summed E-state index contributed by atoms with van der Waals surface area (Å²) in [6.45, 7) is 1.29. The molecule has 0 bridgehead atoms. The number of aliphatic hydroxyl groups is 1. The van der Waals surface area contributed by atoms with E-state index in [1.807, 2.05) is 24.3 Å². The Morgan fingerprint density at radius 3 is 2.51 bits per heavy atom. The lowest BCUT2D eigenvalue weighted by Gasteiger charge is -2.17. The molecule has 2 N–H and O–H groups in total. The van der Waals surface area contributed by atoms with Crippen LogP contribution in [0.5, 0.6) is 5.75 Å². The van der Waals surface area contributed by atoms with Gasteiger partial charge in [0, 0.05) is 37.6 Å². The van der Waals surface area contributed by atoms with Gasteiger partial charge in [-0.05, 0) is 6.07 Å². The summed E-state index contributed by atoms with van der Waals surface area (Å²) in [6, 6.07) is 16.2. The van der Waals surface area contributed by atoms with Crippen molar-refractivity contribution in [3.63, 3.8) is 0 Å². The molecule has 0 unspecified atom stereocenters. The minimum Gasteiger partial charge on any atom is -0.494 e. The van der Waals surface area contributed by atoms with E-state index in [2.05, 4.69) is 5.32 Å². The van der Waals surface area contributed by atoms with Gasteiger partial charge in [-0.3, -0.25) is 19.0 Å². The molecule has 35 heavy (non-hydrogen) atoms. The minimum atomic E-state index is -0.373. The average Bonchev–Trinajstić information content (AvgIpc) is 3.29. The molecule has 4 rings (SSSR count). The van der Waals surface area contributed by atoms with E-state index in [1.165, 1.54) is 23.0 Å². The number of aliphatic hydroxyl groups excluding tert-OH is 1. The number of thiophene rings is 1. The lowest BCUT2D eigenvalue weighted by atomic mass is 10.1. The number of carbonyl (C=O) groups excluding carboxylic acids is 2. The highest BCUT2D eigenvalue weighted by molar-refractivity contribution is 7.22. The quantitative estimate of drug-likeness (QED) is 0.260. The Labute approximate surface area is 206 Å². The number of rotatable bonds is 10. The molecule has 0 spiro atoms. The van der Waals surface area contributed by atoms with Crippen LogP contribution in [0, 0.1) is 0 Å². The van der Waals surface area contributed by atoms with Gasteiger partial charge in [0.2, 0.25) is 0 Å². The molecule has 1 amide bonds. The first kappa shape index (κ1) is 24.6. The lowest BCUT2D eigenvalue weighted by molar-refractivity contribution is 0.0797. The number of nitrogens with zero attached hydrogens (tertiary/aromatic N) is 2. The largest absolute Gasteiger partial charge is 0.494 e. The molecule has 182 valence electrons. The molecule has 0 aliphatic heterocycles. The number of methoxy groups -OCH3 is 1. The number of para-hydroxylation sites is 1. The number of likely N-dealkylation sites (N-methyl/N-ethyl adjacent to an activating group) is 1. The third-order valence-electron chi connectivity index (χ3n) is 5.82. The molecular weight excluding hydrogens is 466 g/mol. The Morgan fingerprint density at radius 2 is 1.80 bits per heavy atom. The Bertz CT molecular complexity index is 1430. The number of Topliss-reactive ketones (excluding diaryl/α,β-unsaturated/α-hetero) is 1. The van der Waals surface area contributed by atoms with Crippen LogP contribution in [0.4, 0.5) is 0 Å². The maximum absolute atomic E-state index is 13.7. The van der Waals surface area contributed by atoms with E-state index in [0.29, 0.717) is 45.7 Å². The van der Waals surface area contributed by atoms with Crippen LogP contribution in [0.15, 0.2) is 59.4 Å². The number of pyridine rings is 1. The molecule has 0 aliphatic rings. The number of ether oxygens (including phenoxy) is 1. The molecule has 4 aromatic rings. The maximum Gasteiger partial charge on any atom is 0.267 e. The molecule has 9 heteroatoms. The average molecular weight is 494 g/mol. The third kappa shape index (κ3) is 4.84. The van der Waals surface area contributed by atoms with Gasteiger partial charge in [-0.15, -0.1) is 11.3 Å². The summed E-state index contributed by atoms with van der Waals surface area (Å²) in [5.74, 6) is -0.219. The maximum atomic E-state index is 13.7. The van der Waals surface area contributed by atoms with Gasteiger partial charge in [-0.1, -0.05) is 48.5 Å². The molecule has 0 saturated heterocycles. The Hall–Kier alpha value is -3.53. The van der Waals surface area contributed by atoms with Crippen molar-refractivity contribution >= 4 is 44.0 Å². The van der Waals surface area contributed by atoms with Gasteiger partial charge in [-0.2, -0.15) is 0 Å². The predicted molar refractivity (Wildman–Crippen MR) is 138 cm³/mol. The fraction of sp³-hybridized carbons (Fsp3) is 0.269. The summed E-state index contributed by atoms with van der Waals surface area (Å²) in [6.07, 6.45) is 0. The highest BCUT2D eigenvalue weighted by Crippen LogP contribution is 2.40. The monoisotopic (exact) mass is 493 g/mol. The van der Waals surface area contributed by atoms with Gasteiger partial charge in [0.1, 0.15) is 10.3 Å². The molecule has 0 saturated carbocycles. The van der Waals surface area contributed by atoms with Crippen molar-refractivity contribution in [3.8, 4) is 5.75 Å². The van der Waals surface area contributed by atoms with Crippen molar-refractivity contribution in [2.24, 2.45) is 0 Å². The topological polar surface area (TPSA) is 101 Å². The highest BCUT2D eigenvalue weighted by Gasteiger charge is 2.27. The first-order valence-corrected chi connectivity index (χ1v) is 12.1. The van der Waals surface area contributed by atoms with Crippen LogP contribution in [-0.2, 0) is 6.54 Å². The Balaban J connectivity index is 1.82. The fourth-order valence-electron chi connectivity index (χ4n) is 4.02. The number of ketones is 1. The van der Waals surface area contributed by atoms with Crippen LogP contribution in [-0.4, -0.2) is 66.7 Å². The van der Waals surface area contributed by atoms with E-state index in [4.69, 9.17) is 9.84 Å². The van der Waals surface area contributed by atoms with Crippen molar-refractivity contribution in [1.29, 1.82) is 0 Å². The molecule has 0 radical (unpaired) electrons. The molecule has 0 fully saturated rings. The highest BCUT2D eigenvalue weighted by atomic mass is 32.1. The SMILES string of the molecule is COc1c(C(=O)N(C)CCNCCO)sc2c1c(=O)n(CC(=O)c1ccccc1)c1ccccc21. The van der Waals surface area contributed by atoms with Gasteiger partial charge in [0.25, 0.3) is 11.5 Å². The summed E-state index contributed by atoms with van der Waals surface area (Å²) in [5, 5.41) is 13.0. The second-order valence-electron chi connectivity index (χ2n) is 8.07. The zero-order chi connectivity index (χ0) is 24.9.